The van der Waals surface area contributed by atoms with Crippen molar-refractivity contribution in [3.8, 4) is 11.8 Å². The molecule has 0 aliphatic carbocycles. The van der Waals surface area contributed by atoms with Crippen LogP contribution < -0.4 is 10.1 Å². The molecule has 1 fully saturated rings. The van der Waals surface area contributed by atoms with Crippen molar-refractivity contribution < 1.29 is 19.2 Å². The third-order valence-electron chi connectivity index (χ3n) is 5.34. The SMILES string of the molecule is Cc1cc(OCC(=O)Nc2c(C#N)c(C)c(C)n2C[C@@H]2CCCO2)ccc1[N+](=O)[O-]. The minimum absolute atomic E-state index is 0.0108. The Hall–Kier alpha value is -3.38. The fourth-order valence-electron chi connectivity index (χ4n) is 3.59. The van der Waals surface area contributed by atoms with Gasteiger partial charge in [-0.05, 0) is 51.3 Å². The second kappa shape index (κ2) is 8.97. The van der Waals surface area contributed by atoms with E-state index in [1.807, 2.05) is 18.4 Å². The first-order valence-electron chi connectivity index (χ1n) is 9.71. The van der Waals surface area contributed by atoms with Crippen LogP contribution in [-0.2, 0) is 16.1 Å². The number of ether oxygens (including phenoxy) is 2. The van der Waals surface area contributed by atoms with Crippen molar-refractivity contribution in [2.75, 3.05) is 18.5 Å². The summed E-state index contributed by atoms with van der Waals surface area (Å²) in [6, 6.07) is 6.48. The molecule has 0 unspecified atom stereocenters. The smallest absolute Gasteiger partial charge is 0.272 e. The van der Waals surface area contributed by atoms with Gasteiger partial charge in [-0.1, -0.05) is 0 Å². The average Bonchev–Trinajstić information content (AvgIpc) is 3.29. The maximum Gasteiger partial charge on any atom is 0.272 e. The molecule has 30 heavy (non-hydrogen) atoms. The number of nitrogens with zero attached hydrogens (tertiary/aromatic N) is 3. The second-order valence-electron chi connectivity index (χ2n) is 7.33. The standard InChI is InChI=1S/C21H24N4O5/c1-13-9-16(6-7-19(13)25(27)28)30-12-20(26)23-21-18(10-22)14(2)15(3)24(21)11-17-5-4-8-29-17/h6-7,9,17H,4-5,8,11-12H2,1-3H3,(H,23,26)/t17-/m0/s1. The normalized spacial score (nSPS) is 15.6. The number of hydrogen-bond donors (Lipinski definition) is 1. The maximum absolute atomic E-state index is 12.5. The maximum atomic E-state index is 12.5. The molecule has 1 aliphatic heterocycles. The Morgan fingerprint density at radius 2 is 2.20 bits per heavy atom. The summed E-state index contributed by atoms with van der Waals surface area (Å²) in [6.45, 7) is 6.37. The molecule has 2 heterocycles. The van der Waals surface area contributed by atoms with E-state index in [4.69, 9.17) is 9.47 Å². The largest absolute Gasteiger partial charge is 0.484 e. The molecule has 1 amide bonds. The van der Waals surface area contributed by atoms with Crippen molar-refractivity contribution >= 4 is 17.4 Å². The van der Waals surface area contributed by atoms with Crippen LogP contribution in [0.1, 0.15) is 35.2 Å². The van der Waals surface area contributed by atoms with Gasteiger partial charge in [0, 0.05) is 23.9 Å². The topological polar surface area (TPSA) is 119 Å². The summed E-state index contributed by atoms with van der Waals surface area (Å²) in [5.74, 6) is 0.376. The molecule has 9 heteroatoms. The van der Waals surface area contributed by atoms with Crippen LogP contribution in [0, 0.1) is 42.2 Å². The zero-order chi connectivity index (χ0) is 21.8. The van der Waals surface area contributed by atoms with E-state index in [-0.39, 0.29) is 18.4 Å². The number of nitro benzene ring substituents is 1. The van der Waals surface area contributed by atoms with Crippen molar-refractivity contribution in [1.29, 1.82) is 5.26 Å². The number of carbonyl (C=O) groups is 1. The summed E-state index contributed by atoms with van der Waals surface area (Å²) in [7, 11) is 0. The number of amides is 1. The van der Waals surface area contributed by atoms with Crippen LogP contribution in [0.15, 0.2) is 18.2 Å². The van der Waals surface area contributed by atoms with Gasteiger partial charge >= 0.3 is 0 Å². The molecular formula is C21H24N4O5. The third-order valence-corrected chi connectivity index (χ3v) is 5.34. The zero-order valence-electron chi connectivity index (χ0n) is 17.2. The number of aromatic nitrogens is 1. The van der Waals surface area contributed by atoms with E-state index >= 15 is 0 Å². The molecule has 1 N–H and O–H groups in total. The molecule has 1 saturated heterocycles. The second-order valence-corrected chi connectivity index (χ2v) is 7.33. The molecule has 158 valence electrons. The van der Waals surface area contributed by atoms with Gasteiger partial charge in [-0.25, -0.2) is 0 Å². The lowest BCUT2D eigenvalue weighted by atomic mass is 10.2. The lowest BCUT2D eigenvalue weighted by Gasteiger charge is -2.17. The van der Waals surface area contributed by atoms with Crippen LogP contribution in [-0.4, -0.2) is 34.7 Å². The van der Waals surface area contributed by atoms with Crippen molar-refractivity contribution in [2.45, 2.75) is 46.3 Å². The molecule has 3 rings (SSSR count). The first-order chi connectivity index (χ1) is 14.3. The van der Waals surface area contributed by atoms with E-state index in [0.29, 0.717) is 29.2 Å². The highest BCUT2D eigenvalue weighted by molar-refractivity contribution is 5.93. The molecule has 0 saturated carbocycles. The van der Waals surface area contributed by atoms with Gasteiger partial charge in [-0.3, -0.25) is 14.9 Å². The number of nitro groups is 1. The Labute approximate surface area is 174 Å². The lowest BCUT2D eigenvalue weighted by Crippen LogP contribution is -2.24. The first-order valence-corrected chi connectivity index (χ1v) is 9.71. The number of rotatable bonds is 7. The van der Waals surface area contributed by atoms with Crippen LogP contribution in [0.5, 0.6) is 5.75 Å². The van der Waals surface area contributed by atoms with Gasteiger partial charge in [0.2, 0.25) is 0 Å². The minimum Gasteiger partial charge on any atom is -0.484 e. The van der Waals surface area contributed by atoms with Gasteiger partial charge < -0.3 is 19.4 Å². The van der Waals surface area contributed by atoms with Gasteiger partial charge in [0.05, 0.1) is 23.1 Å². The van der Waals surface area contributed by atoms with E-state index in [0.717, 1.165) is 30.7 Å². The van der Waals surface area contributed by atoms with Crippen LogP contribution in [0.25, 0.3) is 0 Å². The zero-order valence-corrected chi connectivity index (χ0v) is 17.2. The number of hydrogen-bond acceptors (Lipinski definition) is 6. The summed E-state index contributed by atoms with van der Waals surface area (Å²) < 4.78 is 13.1. The highest BCUT2D eigenvalue weighted by Gasteiger charge is 2.24. The Kier molecular flexibility index (Phi) is 6.37. The van der Waals surface area contributed by atoms with E-state index in [2.05, 4.69) is 11.4 Å². The Balaban J connectivity index is 1.73. The number of aryl methyl sites for hydroxylation is 1. The molecular weight excluding hydrogens is 388 g/mol. The van der Waals surface area contributed by atoms with E-state index < -0.39 is 10.8 Å². The van der Waals surface area contributed by atoms with Crippen molar-refractivity contribution in [3.05, 3.63) is 50.7 Å². The van der Waals surface area contributed by atoms with Gasteiger partial charge in [0.15, 0.2) is 6.61 Å². The summed E-state index contributed by atoms with van der Waals surface area (Å²) >= 11 is 0. The van der Waals surface area contributed by atoms with E-state index in [1.54, 1.807) is 6.92 Å². The first kappa shape index (κ1) is 21.3. The Morgan fingerprint density at radius 1 is 1.43 bits per heavy atom. The summed E-state index contributed by atoms with van der Waals surface area (Å²) in [6.07, 6.45) is 1.99. The quantitative estimate of drug-likeness (QED) is 0.550. The molecule has 9 nitrogen and oxygen atoms in total. The Morgan fingerprint density at radius 3 is 2.80 bits per heavy atom. The number of nitrogens with one attached hydrogen (secondary N) is 1. The van der Waals surface area contributed by atoms with Crippen molar-refractivity contribution in [1.82, 2.24) is 4.57 Å². The predicted molar refractivity (Wildman–Crippen MR) is 110 cm³/mol. The summed E-state index contributed by atoms with van der Waals surface area (Å²) in [5, 5.41) is 23.3. The fourth-order valence-corrected chi connectivity index (χ4v) is 3.59. The number of benzene rings is 1. The van der Waals surface area contributed by atoms with Crippen LogP contribution in [0.2, 0.25) is 0 Å². The summed E-state index contributed by atoms with van der Waals surface area (Å²) in [4.78, 5) is 23.0. The lowest BCUT2D eigenvalue weighted by molar-refractivity contribution is -0.385. The fraction of sp³-hybridized carbons (Fsp3) is 0.429. The molecule has 0 radical (unpaired) electrons. The molecule has 1 aliphatic rings. The van der Waals surface area contributed by atoms with Crippen LogP contribution in [0.4, 0.5) is 11.5 Å². The number of carbonyl (C=O) groups excluding carboxylic acids is 1. The summed E-state index contributed by atoms with van der Waals surface area (Å²) in [5.41, 5.74) is 2.58. The highest BCUT2D eigenvalue weighted by Crippen LogP contribution is 2.28. The molecule has 1 aromatic carbocycles. The highest BCUT2D eigenvalue weighted by atomic mass is 16.6. The number of nitriles is 1. The van der Waals surface area contributed by atoms with Crippen molar-refractivity contribution in [3.63, 3.8) is 0 Å². The molecule has 1 aromatic heterocycles. The molecule has 0 spiro atoms. The molecule has 1 atom stereocenters. The van der Waals surface area contributed by atoms with Gasteiger partial charge in [-0.2, -0.15) is 5.26 Å². The average molecular weight is 412 g/mol. The molecule has 0 bridgehead atoms. The molecule has 2 aromatic rings. The van der Waals surface area contributed by atoms with E-state index in [9.17, 15) is 20.2 Å². The monoisotopic (exact) mass is 412 g/mol. The van der Waals surface area contributed by atoms with Gasteiger partial charge in [0.1, 0.15) is 17.6 Å². The number of anilines is 1. The van der Waals surface area contributed by atoms with Crippen LogP contribution in [0.3, 0.4) is 0 Å². The Bertz CT molecular complexity index is 1020. The third kappa shape index (κ3) is 4.44. The van der Waals surface area contributed by atoms with E-state index in [1.165, 1.54) is 18.2 Å². The van der Waals surface area contributed by atoms with Gasteiger partial charge in [0.25, 0.3) is 11.6 Å². The van der Waals surface area contributed by atoms with Crippen LogP contribution >= 0.6 is 0 Å². The minimum atomic E-state index is -0.470. The predicted octanol–water partition coefficient (Wildman–Crippen LogP) is 3.39. The van der Waals surface area contributed by atoms with Gasteiger partial charge in [-0.15, -0.1) is 0 Å². The van der Waals surface area contributed by atoms with Crippen molar-refractivity contribution in [2.24, 2.45) is 0 Å².